The Kier molecular flexibility index (Phi) is 6.80. The second-order valence-electron chi connectivity index (χ2n) is 6.12. The summed E-state index contributed by atoms with van der Waals surface area (Å²) in [6.07, 6.45) is 1.51. The van der Waals surface area contributed by atoms with Gasteiger partial charge in [0.15, 0.2) is 5.75 Å². The van der Waals surface area contributed by atoms with Crippen molar-refractivity contribution in [1.82, 2.24) is 25.6 Å². The van der Waals surface area contributed by atoms with Crippen LogP contribution in [0.1, 0.15) is 0 Å². The van der Waals surface area contributed by atoms with Crippen LogP contribution in [0.2, 0.25) is 0 Å². The molecule has 3 heterocycles. The first kappa shape index (κ1) is 23.7. The number of methoxy groups -OCH3 is 1. The summed E-state index contributed by atoms with van der Waals surface area (Å²) in [6.45, 7) is 0. The van der Waals surface area contributed by atoms with E-state index in [2.05, 4.69) is 20.7 Å². The average Bonchev–Trinajstić information content (AvgIpc) is 3.22. The van der Waals surface area contributed by atoms with Crippen LogP contribution in [0.25, 0.3) is 0 Å². The lowest BCUT2D eigenvalue weighted by Gasteiger charge is -2.55. The Morgan fingerprint density at radius 3 is 2.84 bits per heavy atom. The first-order valence-electron chi connectivity index (χ1n) is 8.22. The number of ether oxygens (including phenoxy) is 1. The number of carboxylic acid groups (broad SMARTS) is 1. The van der Waals surface area contributed by atoms with E-state index in [0.717, 1.165) is 23.8 Å². The molecule has 1 aromatic heterocycles. The van der Waals surface area contributed by atoms with E-state index in [1.54, 1.807) is 0 Å². The highest BCUT2D eigenvalue weighted by molar-refractivity contribution is 8.01. The molecule has 3 rings (SSSR count). The molecule has 0 bridgehead atoms. The van der Waals surface area contributed by atoms with Crippen LogP contribution in [0, 0.1) is 0 Å². The predicted octanol–water partition coefficient (Wildman–Crippen LogP) is -0.122. The van der Waals surface area contributed by atoms with Gasteiger partial charge in [0.05, 0.1) is 17.4 Å². The van der Waals surface area contributed by atoms with Crippen molar-refractivity contribution in [1.29, 1.82) is 0 Å². The lowest BCUT2D eigenvalue weighted by atomic mass is 9.98. The van der Waals surface area contributed by atoms with Crippen LogP contribution in [0.4, 0.5) is 13.2 Å². The summed E-state index contributed by atoms with van der Waals surface area (Å²) >= 11 is -1.20. The highest BCUT2D eigenvalue weighted by Gasteiger charge is 2.67. The van der Waals surface area contributed by atoms with Crippen LogP contribution < -0.4 is 5.32 Å². The number of rotatable bonds is 8. The number of aromatic amines is 1. The van der Waals surface area contributed by atoms with E-state index in [4.69, 9.17) is 4.74 Å². The van der Waals surface area contributed by atoms with Gasteiger partial charge >= 0.3 is 11.5 Å². The minimum atomic E-state index is -5.09. The molecule has 1 fully saturated rings. The molecule has 3 atom stereocenters. The van der Waals surface area contributed by atoms with E-state index < -0.39 is 51.3 Å². The van der Waals surface area contributed by atoms with Gasteiger partial charge in [0, 0.05) is 18.6 Å². The molecule has 0 saturated carbocycles. The van der Waals surface area contributed by atoms with E-state index in [1.807, 2.05) is 0 Å². The number of amides is 2. The fraction of sp³-hybridized carbons (Fsp3) is 0.500. The molecule has 0 aliphatic carbocycles. The fourth-order valence-corrected chi connectivity index (χ4v) is 5.76. The quantitative estimate of drug-likeness (QED) is 0.190. The second-order valence-corrected chi connectivity index (χ2v) is 9.63. The van der Waals surface area contributed by atoms with Gasteiger partial charge in [-0.25, -0.2) is 4.79 Å². The van der Waals surface area contributed by atoms with Gasteiger partial charge in [-0.1, -0.05) is 17.0 Å². The van der Waals surface area contributed by atoms with Crippen LogP contribution in [0.3, 0.4) is 0 Å². The second kappa shape index (κ2) is 8.89. The normalized spacial score (nSPS) is 24.5. The lowest BCUT2D eigenvalue weighted by molar-refractivity contribution is -0.192. The molecule has 3 N–H and O–H groups in total. The summed E-state index contributed by atoms with van der Waals surface area (Å²) in [5.41, 5.74) is -7.05. The third-order valence-electron chi connectivity index (χ3n) is 4.27. The summed E-state index contributed by atoms with van der Waals surface area (Å²) in [5.74, 6) is -4.74. The molecule has 1 saturated heterocycles. The molecule has 11 nitrogen and oxygen atoms in total. The molecular formula is C14H14F3N5O6S3. The number of H-pyrrole nitrogens is 1. The number of nitrogens with one attached hydrogen (secondary N) is 2. The molecule has 31 heavy (non-hydrogen) atoms. The average molecular weight is 501 g/mol. The van der Waals surface area contributed by atoms with Crippen molar-refractivity contribution in [2.45, 2.75) is 21.6 Å². The zero-order chi connectivity index (χ0) is 23.0. The van der Waals surface area contributed by atoms with Crippen LogP contribution in [-0.4, -0.2) is 88.7 Å². The number of β-lactam (4-membered cyclic amide) rings is 1. The van der Waals surface area contributed by atoms with E-state index in [1.165, 1.54) is 18.0 Å². The number of hydrogen-bond acceptors (Lipinski definition) is 9. The van der Waals surface area contributed by atoms with Gasteiger partial charge in [-0.3, -0.25) is 19.6 Å². The standard InChI is InChI=1S/C14H14F3N5O6S3/c1-28-13(19-7(23)5-31(27)14(15,16)17)11(26)22-9(10(24)25)6(4-30-12(13)22)3-29-8-2-18-21-20-8/h2,12H,3-5H2,1H3,(H,19,23)(H,24,25)(H,18,20,21)/t12-,13-,31?/m0/s1. The van der Waals surface area contributed by atoms with Crippen molar-refractivity contribution >= 4 is 52.5 Å². The molecule has 2 aliphatic heterocycles. The number of alkyl halides is 3. The number of nitrogens with zero attached hydrogens (tertiary/aromatic N) is 3. The predicted molar refractivity (Wildman–Crippen MR) is 102 cm³/mol. The highest BCUT2D eigenvalue weighted by Crippen LogP contribution is 2.47. The Balaban J connectivity index is 1.78. The zero-order valence-corrected chi connectivity index (χ0v) is 17.9. The Bertz CT molecular complexity index is 914. The van der Waals surface area contributed by atoms with Gasteiger partial charge in [0.2, 0.25) is 0 Å². The first-order valence-corrected chi connectivity index (χ1v) is 11.6. The molecule has 1 aromatic rings. The van der Waals surface area contributed by atoms with Crippen molar-refractivity contribution < 1.29 is 42.0 Å². The first-order chi connectivity index (χ1) is 14.5. The number of aromatic nitrogens is 3. The number of carboxylic acids is 1. The van der Waals surface area contributed by atoms with Crippen molar-refractivity contribution in [2.24, 2.45) is 0 Å². The number of halogens is 3. The van der Waals surface area contributed by atoms with Crippen molar-refractivity contribution in [2.75, 3.05) is 24.4 Å². The van der Waals surface area contributed by atoms with Crippen molar-refractivity contribution in [3.05, 3.63) is 17.5 Å². The number of aliphatic carboxylic acids is 1. The topological polar surface area (TPSA) is 161 Å². The Morgan fingerprint density at radius 2 is 2.29 bits per heavy atom. The summed E-state index contributed by atoms with van der Waals surface area (Å²) in [6, 6.07) is 0. The largest absolute Gasteiger partial charge is 0.609 e. The van der Waals surface area contributed by atoms with E-state index >= 15 is 0 Å². The molecule has 0 spiro atoms. The summed E-state index contributed by atoms with van der Waals surface area (Å²) < 4.78 is 53.6. The third-order valence-corrected chi connectivity index (χ3v) is 7.67. The van der Waals surface area contributed by atoms with Crippen molar-refractivity contribution in [3.8, 4) is 0 Å². The third kappa shape index (κ3) is 4.50. The molecule has 2 amide bonds. The van der Waals surface area contributed by atoms with Gasteiger partial charge in [-0.2, -0.15) is 0 Å². The van der Waals surface area contributed by atoms with Crippen LogP contribution in [0.5, 0.6) is 0 Å². The Hall–Kier alpha value is -1.95. The van der Waals surface area contributed by atoms with E-state index in [-0.39, 0.29) is 17.2 Å². The number of carbonyl (C=O) groups excluding carboxylic acids is 2. The number of carbonyl (C=O) groups is 3. The molecule has 1 unspecified atom stereocenters. The smallest absolute Gasteiger partial charge is 0.573 e. The summed E-state index contributed by atoms with van der Waals surface area (Å²) in [4.78, 5) is 37.6. The summed E-state index contributed by atoms with van der Waals surface area (Å²) in [7, 11) is 1.05. The zero-order valence-electron chi connectivity index (χ0n) is 15.5. The Labute approximate surface area is 183 Å². The maximum Gasteiger partial charge on any atom is 0.573 e. The van der Waals surface area contributed by atoms with Crippen molar-refractivity contribution in [3.63, 3.8) is 0 Å². The van der Waals surface area contributed by atoms with Crippen LogP contribution in [0.15, 0.2) is 22.5 Å². The highest BCUT2D eigenvalue weighted by atomic mass is 32.2. The SMILES string of the molecule is CO[C@@]1(NC(=O)C[S+]([O-])C(F)(F)F)C(=O)N2C(C(=O)O)=C(CSc3c[nH]nn3)CS[C@H]21. The van der Waals surface area contributed by atoms with Gasteiger partial charge in [-0.05, 0) is 5.57 Å². The number of fused-ring (bicyclic) bond motifs is 1. The van der Waals surface area contributed by atoms with Crippen LogP contribution in [-0.2, 0) is 30.3 Å². The summed E-state index contributed by atoms with van der Waals surface area (Å²) in [5, 5.41) is 21.0. The molecule has 17 heteroatoms. The fourth-order valence-electron chi connectivity index (χ4n) is 2.92. The molecular weight excluding hydrogens is 487 g/mol. The van der Waals surface area contributed by atoms with E-state index in [0.29, 0.717) is 10.6 Å². The molecule has 2 aliphatic rings. The van der Waals surface area contributed by atoms with Gasteiger partial charge in [-0.15, -0.1) is 30.0 Å². The maximum absolute atomic E-state index is 12.8. The minimum absolute atomic E-state index is 0.149. The van der Waals surface area contributed by atoms with Crippen LogP contribution >= 0.6 is 23.5 Å². The van der Waals surface area contributed by atoms with Gasteiger partial charge in [0.1, 0.15) is 16.1 Å². The molecule has 0 aromatic carbocycles. The van der Waals surface area contributed by atoms with Gasteiger partial charge < -0.3 is 19.7 Å². The number of hydrogen-bond donors (Lipinski definition) is 3. The van der Waals surface area contributed by atoms with Gasteiger partial charge in [0.25, 0.3) is 17.5 Å². The minimum Gasteiger partial charge on any atom is -0.609 e. The molecule has 170 valence electrons. The molecule has 0 radical (unpaired) electrons. The number of thioether (sulfide) groups is 2. The monoisotopic (exact) mass is 501 g/mol. The maximum atomic E-state index is 12.8. The lowest BCUT2D eigenvalue weighted by Crippen LogP contribution is -2.81. The Morgan fingerprint density at radius 1 is 1.58 bits per heavy atom. The van der Waals surface area contributed by atoms with E-state index in [9.17, 15) is 37.2 Å².